The molecule has 4 heteroatoms. The van der Waals surface area contributed by atoms with Gasteiger partial charge in [-0.25, -0.2) is 4.98 Å². The molecular formula is C16H13BrN2O. The van der Waals surface area contributed by atoms with Gasteiger partial charge in [-0.2, -0.15) is 0 Å². The lowest BCUT2D eigenvalue weighted by atomic mass is 10.0. The summed E-state index contributed by atoms with van der Waals surface area (Å²) in [5, 5.41) is 0. The van der Waals surface area contributed by atoms with Crippen LogP contribution in [0.2, 0.25) is 0 Å². The molecule has 0 spiro atoms. The molecule has 0 amide bonds. The molecule has 3 rings (SSSR count). The molecule has 2 aromatic heterocycles. The fourth-order valence-corrected chi connectivity index (χ4v) is 2.59. The molecule has 20 heavy (non-hydrogen) atoms. The smallest absolute Gasteiger partial charge is 0.169 e. The third-order valence-electron chi connectivity index (χ3n) is 3.51. The maximum atomic E-state index is 11.5. The minimum Gasteiger partial charge on any atom is -0.296 e. The first kappa shape index (κ1) is 13.1. The summed E-state index contributed by atoms with van der Waals surface area (Å²) in [4.78, 5) is 16.0. The number of hydrogen-bond acceptors (Lipinski definition) is 2. The van der Waals surface area contributed by atoms with Gasteiger partial charge in [-0.1, -0.05) is 12.1 Å². The van der Waals surface area contributed by atoms with Gasteiger partial charge >= 0.3 is 0 Å². The number of halogens is 1. The highest BCUT2D eigenvalue weighted by Crippen LogP contribution is 2.26. The van der Waals surface area contributed by atoms with Crippen molar-refractivity contribution >= 4 is 27.9 Å². The van der Waals surface area contributed by atoms with Crippen LogP contribution in [-0.2, 0) is 0 Å². The van der Waals surface area contributed by atoms with E-state index in [4.69, 9.17) is 0 Å². The molecule has 0 aliphatic carbocycles. The second-order valence-electron chi connectivity index (χ2n) is 4.84. The Kier molecular flexibility index (Phi) is 3.18. The van der Waals surface area contributed by atoms with Crippen LogP contribution in [0.1, 0.15) is 21.6 Å². The molecule has 3 nitrogen and oxygen atoms in total. The third kappa shape index (κ3) is 2.06. The van der Waals surface area contributed by atoms with Crippen LogP contribution in [0.3, 0.4) is 0 Å². The molecule has 0 aliphatic heterocycles. The zero-order valence-corrected chi connectivity index (χ0v) is 12.8. The summed E-state index contributed by atoms with van der Waals surface area (Å²) in [5.41, 5.74) is 5.45. The predicted octanol–water partition coefficient (Wildman–Crippen LogP) is 4.19. The standard InChI is InChI=1S/C16H13BrN2O/c1-10-3-4-12(7-11(10)2)16-14(9-20)19-8-13(17)5-6-15(19)18-16/h3-9H,1-2H3. The average molecular weight is 329 g/mol. The number of carbonyl (C=O) groups excluding carboxylic acids is 1. The van der Waals surface area contributed by atoms with Crippen LogP contribution in [0.15, 0.2) is 41.0 Å². The molecule has 0 fully saturated rings. The van der Waals surface area contributed by atoms with E-state index in [1.165, 1.54) is 11.1 Å². The fourth-order valence-electron chi connectivity index (χ4n) is 2.25. The van der Waals surface area contributed by atoms with Crippen molar-refractivity contribution in [2.45, 2.75) is 13.8 Å². The van der Waals surface area contributed by atoms with Crippen molar-refractivity contribution < 1.29 is 4.79 Å². The Bertz CT molecular complexity index is 821. The maximum Gasteiger partial charge on any atom is 0.169 e. The Balaban J connectivity index is 2.30. The summed E-state index contributed by atoms with van der Waals surface area (Å²) in [6, 6.07) is 9.94. The molecule has 100 valence electrons. The van der Waals surface area contributed by atoms with Crippen molar-refractivity contribution in [2.75, 3.05) is 0 Å². The van der Waals surface area contributed by atoms with Crippen LogP contribution in [0, 0.1) is 13.8 Å². The Morgan fingerprint density at radius 3 is 2.65 bits per heavy atom. The van der Waals surface area contributed by atoms with Crippen molar-refractivity contribution in [1.82, 2.24) is 9.38 Å². The molecular weight excluding hydrogens is 316 g/mol. The number of carbonyl (C=O) groups is 1. The van der Waals surface area contributed by atoms with Crippen molar-refractivity contribution in [2.24, 2.45) is 0 Å². The Morgan fingerprint density at radius 2 is 1.95 bits per heavy atom. The number of aryl methyl sites for hydroxylation is 2. The molecule has 0 N–H and O–H groups in total. The third-order valence-corrected chi connectivity index (χ3v) is 3.98. The van der Waals surface area contributed by atoms with Gasteiger partial charge < -0.3 is 0 Å². The van der Waals surface area contributed by atoms with Crippen LogP contribution in [0.5, 0.6) is 0 Å². The number of fused-ring (bicyclic) bond motifs is 1. The first-order valence-electron chi connectivity index (χ1n) is 6.30. The highest BCUT2D eigenvalue weighted by Gasteiger charge is 2.14. The number of hydrogen-bond donors (Lipinski definition) is 0. The summed E-state index contributed by atoms with van der Waals surface area (Å²) in [6.07, 6.45) is 2.72. The first-order valence-corrected chi connectivity index (χ1v) is 7.10. The van der Waals surface area contributed by atoms with E-state index >= 15 is 0 Å². The zero-order valence-electron chi connectivity index (χ0n) is 11.2. The van der Waals surface area contributed by atoms with Gasteiger partial charge in [0.15, 0.2) is 6.29 Å². The van der Waals surface area contributed by atoms with Gasteiger partial charge in [0.25, 0.3) is 0 Å². The van der Waals surface area contributed by atoms with Crippen LogP contribution < -0.4 is 0 Å². The lowest BCUT2D eigenvalue weighted by Gasteiger charge is -2.03. The second-order valence-corrected chi connectivity index (χ2v) is 5.75. The molecule has 0 saturated carbocycles. The molecule has 2 heterocycles. The van der Waals surface area contributed by atoms with Gasteiger partial charge in [-0.05, 0) is 59.1 Å². The highest BCUT2D eigenvalue weighted by atomic mass is 79.9. The van der Waals surface area contributed by atoms with Gasteiger partial charge in [0.2, 0.25) is 0 Å². The Labute approximate surface area is 125 Å². The molecule has 3 aromatic rings. The monoisotopic (exact) mass is 328 g/mol. The number of pyridine rings is 1. The summed E-state index contributed by atoms with van der Waals surface area (Å²) in [7, 11) is 0. The van der Waals surface area contributed by atoms with Crippen LogP contribution >= 0.6 is 15.9 Å². The molecule has 0 bridgehead atoms. The summed E-state index contributed by atoms with van der Waals surface area (Å²) in [6.45, 7) is 4.13. The van der Waals surface area contributed by atoms with E-state index in [1.54, 1.807) is 0 Å². The summed E-state index contributed by atoms with van der Waals surface area (Å²) in [5.74, 6) is 0. The average Bonchev–Trinajstić information content (AvgIpc) is 2.79. The lowest BCUT2D eigenvalue weighted by molar-refractivity contribution is 0.111. The summed E-state index contributed by atoms with van der Waals surface area (Å²) < 4.78 is 2.72. The van der Waals surface area contributed by atoms with Crippen molar-refractivity contribution in [3.8, 4) is 11.3 Å². The Morgan fingerprint density at radius 1 is 1.15 bits per heavy atom. The van der Waals surface area contributed by atoms with Gasteiger partial charge in [0, 0.05) is 16.2 Å². The van der Waals surface area contributed by atoms with Crippen molar-refractivity contribution in [3.63, 3.8) is 0 Å². The molecule has 0 saturated heterocycles. The number of nitrogens with zero attached hydrogens (tertiary/aromatic N) is 2. The Hall–Kier alpha value is -1.94. The molecule has 1 aromatic carbocycles. The minimum absolute atomic E-state index is 0.574. The van der Waals surface area contributed by atoms with E-state index in [0.717, 1.165) is 27.7 Å². The zero-order chi connectivity index (χ0) is 14.3. The molecule has 0 radical (unpaired) electrons. The highest BCUT2D eigenvalue weighted by molar-refractivity contribution is 9.10. The molecule has 0 unspecified atom stereocenters. The van der Waals surface area contributed by atoms with Gasteiger partial charge in [0.05, 0.1) is 0 Å². The fraction of sp³-hybridized carbons (Fsp3) is 0.125. The minimum atomic E-state index is 0.574. The normalized spacial score (nSPS) is 10.9. The summed E-state index contributed by atoms with van der Waals surface area (Å²) >= 11 is 3.42. The molecule has 0 atom stereocenters. The van der Waals surface area contributed by atoms with Gasteiger partial charge in [0.1, 0.15) is 17.0 Å². The van der Waals surface area contributed by atoms with Gasteiger partial charge in [-0.15, -0.1) is 0 Å². The second kappa shape index (κ2) is 4.87. The van der Waals surface area contributed by atoms with E-state index in [1.807, 2.05) is 28.8 Å². The largest absolute Gasteiger partial charge is 0.296 e. The SMILES string of the molecule is Cc1ccc(-c2nc3ccc(Br)cn3c2C=O)cc1C. The van der Waals surface area contributed by atoms with E-state index in [-0.39, 0.29) is 0 Å². The van der Waals surface area contributed by atoms with E-state index in [2.05, 4.69) is 46.9 Å². The van der Waals surface area contributed by atoms with Crippen LogP contribution in [-0.4, -0.2) is 15.7 Å². The number of rotatable bonds is 2. The number of imidazole rings is 1. The maximum absolute atomic E-state index is 11.5. The number of benzene rings is 1. The number of aldehydes is 1. The van der Waals surface area contributed by atoms with E-state index < -0.39 is 0 Å². The predicted molar refractivity (Wildman–Crippen MR) is 83.2 cm³/mol. The lowest BCUT2D eigenvalue weighted by Crippen LogP contribution is -1.93. The number of aromatic nitrogens is 2. The van der Waals surface area contributed by atoms with E-state index in [0.29, 0.717) is 5.69 Å². The van der Waals surface area contributed by atoms with Crippen molar-refractivity contribution in [1.29, 1.82) is 0 Å². The first-order chi connectivity index (χ1) is 9.60. The van der Waals surface area contributed by atoms with Crippen LogP contribution in [0.4, 0.5) is 0 Å². The van der Waals surface area contributed by atoms with Crippen molar-refractivity contribution in [3.05, 3.63) is 57.8 Å². The van der Waals surface area contributed by atoms with Gasteiger partial charge in [-0.3, -0.25) is 9.20 Å². The molecule has 0 aliphatic rings. The quantitative estimate of drug-likeness (QED) is 0.661. The van der Waals surface area contributed by atoms with E-state index in [9.17, 15) is 4.79 Å². The topological polar surface area (TPSA) is 34.4 Å². The van der Waals surface area contributed by atoms with Crippen LogP contribution in [0.25, 0.3) is 16.9 Å².